The zero-order chi connectivity index (χ0) is 32.6. The molecule has 2 N–H and O–H groups in total. The molecule has 5 aromatic carbocycles. The van der Waals surface area contributed by atoms with Gasteiger partial charge >= 0.3 is 0 Å². The van der Waals surface area contributed by atoms with Crippen molar-refractivity contribution >= 4 is 31.0 Å². The summed E-state index contributed by atoms with van der Waals surface area (Å²) in [4.78, 5) is 5.22. The number of sulfone groups is 2. The lowest BCUT2D eigenvalue weighted by Gasteiger charge is -2.12. The molecule has 0 saturated carbocycles. The number of rotatable bonds is 8. The van der Waals surface area contributed by atoms with Gasteiger partial charge in [0.05, 0.1) is 31.0 Å². The van der Waals surface area contributed by atoms with E-state index in [2.05, 4.69) is 15.6 Å². The summed E-state index contributed by atoms with van der Waals surface area (Å²) >= 11 is 0. The second-order valence-corrected chi connectivity index (χ2v) is 14.0. The van der Waals surface area contributed by atoms with Crippen molar-refractivity contribution in [2.45, 2.75) is 19.6 Å². The van der Waals surface area contributed by atoms with Crippen molar-refractivity contribution in [1.29, 1.82) is 0 Å². The quantitative estimate of drug-likeness (QED) is 0.173. The van der Waals surface area contributed by atoms with Crippen molar-refractivity contribution in [3.8, 4) is 22.3 Å². The highest BCUT2D eigenvalue weighted by atomic mass is 32.2. The summed E-state index contributed by atoms with van der Waals surface area (Å²) in [6.07, 6.45) is 3.46. The topological polar surface area (TPSA) is 105 Å². The Kier molecular flexibility index (Phi) is 9.95. The third-order valence-corrected chi connectivity index (χ3v) is 10.9. The van der Waals surface area contributed by atoms with Crippen molar-refractivity contribution in [1.82, 2.24) is 4.98 Å². The van der Waals surface area contributed by atoms with Gasteiger partial charge in [0.15, 0.2) is 0 Å². The van der Waals surface area contributed by atoms with Crippen LogP contribution in [0.3, 0.4) is 0 Å². The number of nitrogens with one attached hydrogen (secondary N) is 2. The molecule has 9 heteroatoms. The number of hydrogen-bond acceptors (Lipinski definition) is 7. The molecule has 46 heavy (non-hydrogen) atoms. The Hall–Kier alpha value is -5.25. The second-order valence-electron chi connectivity index (χ2n) is 10.2. The van der Waals surface area contributed by atoms with Crippen molar-refractivity contribution < 1.29 is 16.8 Å². The Bertz CT molecular complexity index is 1970. The van der Waals surface area contributed by atoms with Gasteiger partial charge in [0.2, 0.25) is 19.7 Å². The van der Waals surface area contributed by atoms with Gasteiger partial charge in [-0.25, -0.2) is 16.8 Å². The lowest BCUT2D eigenvalue weighted by Crippen LogP contribution is -2.06. The fourth-order valence-corrected chi connectivity index (χ4v) is 7.83. The predicted octanol–water partition coefficient (Wildman–Crippen LogP) is 7.85. The van der Waals surface area contributed by atoms with E-state index in [9.17, 15) is 16.8 Å². The average Bonchev–Trinajstić information content (AvgIpc) is 3.12. The van der Waals surface area contributed by atoms with Crippen LogP contribution >= 0.6 is 0 Å². The van der Waals surface area contributed by atoms with E-state index in [-0.39, 0.29) is 14.7 Å². The number of hydrogen-bond donors (Lipinski definition) is 2. The zero-order valence-electron chi connectivity index (χ0n) is 25.3. The van der Waals surface area contributed by atoms with Crippen LogP contribution in [0.15, 0.2) is 172 Å². The van der Waals surface area contributed by atoms with Gasteiger partial charge in [-0.3, -0.25) is 4.98 Å². The molecular formula is C37H33N3O4S2. The molecule has 1 heterocycles. The summed E-state index contributed by atoms with van der Waals surface area (Å²) in [5, 5.41) is 5.98. The minimum Gasteiger partial charge on any atom is -0.387 e. The van der Waals surface area contributed by atoms with E-state index in [1.807, 2.05) is 60.7 Å². The van der Waals surface area contributed by atoms with Gasteiger partial charge in [-0.2, -0.15) is 0 Å². The Morgan fingerprint density at radius 3 is 1.28 bits per heavy atom. The van der Waals surface area contributed by atoms with Crippen LogP contribution in [0.1, 0.15) is 0 Å². The normalized spacial score (nSPS) is 11.2. The molecule has 0 aliphatic rings. The number of aromatic nitrogens is 1. The Morgan fingerprint density at radius 2 is 0.870 bits per heavy atom. The van der Waals surface area contributed by atoms with Crippen LogP contribution in [0.2, 0.25) is 0 Å². The number of anilines is 2. The standard InChI is InChI=1S/C19H17NO2S.C18H16N2O2S/c1-20-18-14-16(15-8-4-2-5-9-15)12-13-19(18)23(21,22)17-10-6-3-7-11-17;1-19-17-12-14(15-6-5-11-20-13-15)9-10-18(17)23(21,22)16-7-3-2-4-8-16/h2-14,20H,1H3;2-13,19H,1H3. The minimum absolute atomic E-state index is 0.263. The van der Waals surface area contributed by atoms with Crippen molar-refractivity contribution in [3.63, 3.8) is 0 Å². The summed E-state index contributed by atoms with van der Waals surface area (Å²) in [5.41, 5.74) is 5.03. The molecule has 0 aliphatic carbocycles. The molecule has 6 rings (SSSR count). The summed E-state index contributed by atoms with van der Waals surface area (Å²) in [7, 11) is -3.66. The highest BCUT2D eigenvalue weighted by molar-refractivity contribution is 7.92. The van der Waals surface area contributed by atoms with Gasteiger partial charge in [0, 0.05) is 32.1 Å². The first-order chi connectivity index (χ1) is 22.3. The van der Waals surface area contributed by atoms with E-state index >= 15 is 0 Å². The predicted molar refractivity (Wildman–Crippen MR) is 184 cm³/mol. The molecule has 0 atom stereocenters. The van der Waals surface area contributed by atoms with E-state index in [0.29, 0.717) is 16.3 Å². The van der Waals surface area contributed by atoms with E-state index in [1.54, 1.807) is 105 Å². The Morgan fingerprint density at radius 1 is 0.457 bits per heavy atom. The molecule has 0 fully saturated rings. The zero-order valence-corrected chi connectivity index (χ0v) is 27.0. The van der Waals surface area contributed by atoms with Crippen molar-refractivity contribution in [2.24, 2.45) is 0 Å². The van der Waals surface area contributed by atoms with Crippen LogP contribution in [-0.2, 0) is 19.7 Å². The summed E-state index contributed by atoms with van der Waals surface area (Å²) in [6, 6.07) is 41.2. The highest BCUT2D eigenvalue weighted by Crippen LogP contribution is 2.33. The van der Waals surface area contributed by atoms with Crippen LogP contribution < -0.4 is 10.6 Å². The molecule has 6 aromatic rings. The second kappa shape index (κ2) is 14.2. The first kappa shape index (κ1) is 32.2. The molecule has 0 unspecified atom stereocenters. The smallest absolute Gasteiger partial charge is 0.208 e. The minimum atomic E-state index is -3.56. The maximum Gasteiger partial charge on any atom is 0.208 e. The molecule has 0 amide bonds. The van der Waals surface area contributed by atoms with Gasteiger partial charge in [0.1, 0.15) is 0 Å². The van der Waals surface area contributed by atoms with Crippen molar-refractivity contribution in [2.75, 3.05) is 24.7 Å². The molecule has 0 spiro atoms. The average molecular weight is 648 g/mol. The van der Waals surface area contributed by atoms with E-state index in [1.165, 1.54) is 0 Å². The van der Waals surface area contributed by atoms with E-state index < -0.39 is 19.7 Å². The Balaban J connectivity index is 0.000000181. The molecule has 232 valence electrons. The molecule has 0 saturated heterocycles. The van der Waals surface area contributed by atoms with E-state index in [0.717, 1.165) is 22.3 Å². The highest BCUT2D eigenvalue weighted by Gasteiger charge is 2.22. The fraction of sp³-hybridized carbons (Fsp3) is 0.0541. The van der Waals surface area contributed by atoms with Crippen LogP contribution in [0, 0.1) is 0 Å². The molecule has 7 nitrogen and oxygen atoms in total. The van der Waals surface area contributed by atoms with Gasteiger partial charge in [-0.15, -0.1) is 0 Å². The van der Waals surface area contributed by atoms with Gasteiger partial charge < -0.3 is 10.6 Å². The summed E-state index contributed by atoms with van der Waals surface area (Å²) in [5.74, 6) is 0. The third kappa shape index (κ3) is 7.01. The largest absolute Gasteiger partial charge is 0.387 e. The van der Waals surface area contributed by atoms with Gasteiger partial charge in [0.25, 0.3) is 0 Å². The van der Waals surface area contributed by atoms with E-state index in [4.69, 9.17) is 0 Å². The number of benzene rings is 5. The van der Waals surface area contributed by atoms with Gasteiger partial charge in [-0.1, -0.05) is 84.9 Å². The van der Waals surface area contributed by atoms with Gasteiger partial charge in [-0.05, 0) is 71.3 Å². The molecule has 0 aliphatic heterocycles. The van der Waals surface area contributed by atoms with Crippen LogP contribution in [-0.4, -0.2) is 35.9 Å². The maximum atomic E-state index is 12.8. The number of pyridine rings is 1. The van der Waals surface area contributed by atoms with Crippen LogP contribution in [0.5, 0.6) is 0 Å². The SMILES string of the molecule is CNc1cc(-c2ccccc2)ccc1S(=O)(=O)c1ccccc1.CNc1cc(-c2cccnc2)ccc1S(=O)(=O)c1ccccc1. The first-order valence-corrected chi connectivity index (χ1v) is 17.4. The monoisotopic (exact) mass is 647 g/mol. The Labute approximate surface area is 270 Å². The molecule has 0 radical (unpaired) electrons. The van der Waals surface area contributed by atoms with Crippen molar-refractivity contribution in [3.05, 3.63) is 152 Å². The fourth-order valence-electron chi connectivity index (χ4n) is 4.90. The van der Waals surface area contributed by atoms with Crippen LogP contribution in [0.4, 0.5) is 11.4 Å². The molecule has 1 aromatic heterocycles. The molecule has 0 bridgehead atoms. The maximum absolute atomic E-state index is 12.8. The number of nitrogens with zero attached hydrogens (tertiary/aromatic N) is 1. The third-order valence-electron chi connectivity index (χ3n) is 7.29. The first-order valence-electron chi connectivity index (χ1n) is 14.5. The lowest BCUT2D eigenvalue weighted by molar-refractivity contribution is 0.594. The summed E-state index contributed by atoms with van der Waals surface area (Å²) < 4.78 is 51.3. The summed E-state index contributed by atoms with van der Waals surface area (Å²) in [6.45, 7) is 0. The van der Waals surface area contributed by atoms with Crippen LogP contribution in [0.25, 0.3) is 22.3 Å². The lowest BCUT2D eigenvalue weighted by atomic mass is 10.1. The molecular weight excluding hydrogens is 615 g/mol.